The fraction of sp³-hybridized carbons (Fsp3) is 1.00. The van der Waals surface area contributed by atoms with Crippen molar-refractivity contribution in [3.63, 3.8) is 0 Å². The number of rotatable bonds is 0. The Labute approximate surface area is 117 Å². The summed E-state index contributed by atoms with van der Waals surface area (Å²) < 4.78 is 6.07. The van der Waals surface area contributed by atoms with Gasteiger partial charge in [0.1, 0.15) is 0 Å². The van der Waals surface area contributed by atoms with Gasteiger partial charge in [-0.3, -0.25) is 0 Å². The lowest BCUT2D eigenvalue weighted by Crippen LogP contribution is -2.32. The van der Waals surface area contributed by atoms with E-state index in [1.807, 2.05) is 13.8 Å². The van der Waals surface area contributed by atoms with Gasteiger partial charge in [-0.25, -0.2) is 0 Å². The molecule has 0 aromatic heterocycles. The highest BCUT2D eigenvalue weighted by atomic mass is 17.3. The molecule has 0 radical (unpaired) electrons. The minimum atomic E-state index is -0.533. The van der Waals surface area contributed by atoms with Crippen LogP contribution in [0.3, 0.4) is 0 Å². The van der Waals surface area contributed by atoms with E-state index in [0.717, 1.165) is 25.7 Å². The van der Waals surface area contributed by atoms with Crippen molar-refractivity contribution in [3.8, 4) is 0 Å². The van der Waals surface area contributed by atoms with E-state index in [4.69, 9.17) is 14.5 Å². The first-order valence-electron chi connectivity index (χ1n) is 8.19. The van der Waals surface area contributed by atoms with Crippen molar-refractivity contribution in [2.45, 2.75) is 102 Å². The molecule has 112 valence electrons. The molecule has 0 aromatic rings. The third-order valence-electron chi connectivity index (χ3n) is 4.34. The van der Waals surface area contributed by atoms with Crippen molar-refractivity contribution in [2.75, 3.05) is 0 Å². The summed E-state index contributed by atoms with van der Waals surface area (Å²) in [7, 11) is 0. The van der Waals surface area contributed by atoms with E-state index < -0.39 is 11.6 Å². The third-order valence-corrected chi connectivity index (χ3v) is 4.34. The van der Waals surface area contributed by atoms with E-state index in [9.17, 15) is 0 Å². The number of hydrogen-bond donors (Lipinski definition) is 0. The molecule has 0 N–H and O–H groups in total. The second kappa shape index (κ2) is 7.05. The molecule has 0 unspecified atom stereocenters. The van der Waals surface area contributed by atoms with Gasteiger partial charge in [-0.15, -0.1) is 0 Å². The van der Waals surface area contributed by atoms with Crippen LogP contribution in [-0.4, -0.2) is 11.6 Å². The predicted molar refractivity (Wildman–Crippen MR) is 75.5 cm³/mol. The van der Waals surface area contributed by atoms with Crippen molar-refractivity contribution < 1.29 is 14.5 Å². The van der Waals surface area contributed by atoms with Gasteiger partial charge in [-0.05, 0) is 26.7 Å². The third kappa shape index (κ3) is 5.05. The van der Waals surface area contributed by atoms with Crippen molar-refractivity contribution in [2.24, 2.45) is 0 Å². The molecule has 0 aliphatic carbocycles. The molecule has 3 nitrogen and oxygen atoms in total. The molecule has 0 saturated carbocycles. The fourth-order valence-corrected chi connectivity index (χ4v) is 3.16. The minimum Gasteiger partial charge on any atom is -0.313 e. The molecule has 2 heterocycles. The lowest BCUT2D eigenvalue weighted by molar-refractivity contribution is -0.346. The molecule has 2 atom stereocenters. The van der Waals surface area contributed by atoms with Gasteiger partial charge in [-0.1, -0.05) is 51.4 Å². The van der Waals surface area contributed by atoms with Gasteiger partial charge in [0.25, 0.3) is 0 Å². The normalized spacial score (nSPS) is 39.5. The fourth-order valence-electron chi connectivity index (χ4n) is 3.16. The van der Waals surface area contributed by atoms with Gasteiger partial charge >= 0.3 is 0 Å². The molecule has 2 bridgehead atoms. The average molecular weight is 270 g/mol. The summed E-state index contributed by atoms with van der Waals surface area (Å²) in [4.78, 5) is 11.0. The Hall–Kier alpha value is -0.120. The van der Waals surface area contributed by atoms with Gasteiger partial charge in [0.05, 0.1) is 0 Å². The van der Waals surface area contributed by atoms with Crippen LogP contribution in [0.2, 0.25) is 0 Å². The maximum atomic E-state index is 6.07. The summed E-state index contributed by atoms with van der Waals surface area (Å²) in [5.74, 6) is -1.07. The van der Waals surface area contributed by atoms with E-state index in [0.29, 0.717) is 0 Å². The van der Waals surface area contributed by atoms with E-state index >= 15 is 0 Å². The Kier molecular flexibility index (Phi) is 5.67. The van der Waals surface area contributed by atoms with E-state index in [1.165, 1.54) is 51.4 Å². The monoisotopic (exact) mass is 270 g/mol. The maximum Gasteiger partial charge on any atom is 0.202 e. The molecule has 2 aliphatic heterocycles. The maximum absolute atomic E-state index is 6.07. The topological polar surface area (TPSA) is 27.7 Å². The molecular weight excluding hydrogens is 240 g/mol. The van der Waals surface area contributed by atoms with Gasteiger partial charge in [0.15, 0.2) is 0 Å². The Balaban J connectivity index is 1.85. The molecular formula is C16H30O3. The summed E-state index contributed by atoms with van der Waals surface area (Å²) in [6, 6.07) is 0. The van der Waals surface area contributed by atoms with Crippen LogP contribution in [0.4, 0.5) is 0 Å². The number of hydrogen-bond acceptors (Lipinski definition) is 3. The quantitative estimate of drug-likeness (QED) is 0.574. The first kappa shape index (κ1) is 15.3. The molecule has 3 heteroatoms. The minimum absolute atomic E-state index is 0.533. The highest BCUT2D eigenvalue weighted by Crippen LogP contribution is 2.39. The van der Waals surface area contributed by atoms with Gasteiger partial charge in [0.2, 0.25) is 11.6 Å². The highest BCUT2D eigenvalue weighted by Gasteiger charge is 2.46. The first-order chi connectivity index (χ1) is 9.12. The smallest absolute Gasteiger partial charge is 0.202 e. The Morgan fingerprint density at radius 3 is 1.21 bits per heavy atom. The molecule has 2 rings (SSSR count). The summed E-state index contributed by atoms with van der Waals surface area (Å²) >= 11 is 0. The largest absolute Gasteiger partial charge is 0.313 e. The van der Waals surface area contributed by atoms with E-state index in [2.05, 4.69) is 0 Å². The van der Waals surface area contributed by atoms with Crippen LogP contribution in [0, 0.1) is 0 Å². The predicted octanol–water partition coefficient (Wildman–Crippen LogP) is 5.09. The highest BCUT2D eigenvalue weighted by molar-refractivity contribution is 4.74. The van der Waals surface area contributed by atoms with Crippen LogP contribution < -0.4 is 0 Å². The lowest BCUT2D eigenvalue weighted by Gasteiger charge is -2.24. The summed E-state index contributed by atoms with van der Waals surface area (Å²) in [5, 5.41) is 0. The average Bonchev–Trinajstić information content (AvgIpc) is 2.66. The summed E-state index contributed by atoms with van der Waals surface area (Å²) in [5.41, 5.74) is 0. The summed E-state index contributed by atoms with van der Waals surface area (Å²) in [6.07, 6.45) is 15.0. The van der Waals surface area contributed by atoms with Gasteiger partial charge in [0, 0.05) is 12.8 Å². The van der Waals surface area contributed by atoms with Crippen LogP contribution in [-0.2, 0) is 14.5 Å². The molecule has 2 aliphatic rings. The molecule has 19 heavy (non-hydrogen) atoms. The zero-order chi connectivity index (χ0) is 13.6. The summed E-state index contributed by atoms with van der Waals surface area (Å²) in [6.45, 7) is 4.02. The van der Waals surface area contributed by atoms with E-state index in [-0.39, 0.29) is 0 Å². The number of fused-ring (bicyclic) bond motifs is 2. The SMILES string of the molecule is C[C@]12CCCCCCCCCCCC[C@](C)(OO1)O2. The standard InChI is InChI=1S/C16H30O3/c1-15-13-11-9-7-5-3-4-6-8-10-12-14-16(2,17-15)19-18-15/h3-14H2,1-2H3/t15-,16+. The van der Waals surface area contributed by atoms with E-state index in [1.54, 1.807) is 0 Å². The second-order valence-electron chi connectivity index (χ2n) is 6.57. The van der Waals surface area contributed by atoms with Crippen LogP contribution >= 0.6 is 0 Å². The molecule has 0 amide bonds. The number of ether oxygens (including phenoxy) is 1. The van der Waals surface area contributed by atoms with Crippen LogP contribution in [0.25, 0.3) is 0 Å². The van der Waals surface area contributed by atoms with Crippen molar-refractivity contribution in [3.05, 3.63) is 0 Å². The van der Waals surface area contributed by atoms with Gasteiger partial charge < -0.3 is 4.74 Å². The Morgan fingerprint density at radius 1 is 0.526 bits per heavy atom. The molecule has 2 fully saturated rings. The van der Waals surface area contributed by atoms with Gasteiger partial charge in [-0.2, -0.15) is 9.78 Å². The van der Waals surface area contributed by atoms with Crippen LogP contribution in [0.15, 0.2) is 0 Å². The van der Waals surface area contributed by atoms with Crippen LogP contribution in [0.1, 0.15) is 90.9 Å². The second-order valence-corrected chi connectivity index (χ2v) is 6.57. The molecule has 0 spiro atoms. The Morgan fingerprint density at radius 2 is 0.842 bits per heavy atom. The molecule has 0 aromatic carbocycles. The van der Waals surface area contributed by atoms with Crippen molar-refractivity contribution in [1.29, 1.82) is 0 Å². The zero-order valence-corrected chi connectivity index (χ0v) is 12.7. The van der Waals surface area contributed by atoms with Crippen molar-refractivity contribution in [1.82, 2.24) is 0 Å². The van der Waals surface area contributed by atoms with Crippen molar-refractivity contribution >= 4 is 0 Å². The lowest BCUT2D eigenvalue weighted by atomic mass is 10.0. The Bertz CT molecular complexity index is 243. The molecule has 2 saturated heterocycles. The van der Waals surface area contributed by atoms with Crippen LogP contribution in [0.5, 0.6) is 0 Å². The first-order valence-corrected chi connectivity index (χ1v) is 8.19. The zero-order valence-electron chi connectivity index (χ0n) is 12.7.